The lowest BCUT2D eigenvalue weighted by Crippen LogP contribution is -2.33. The molecule has 1 saturated heterocycles. The van der Waals surface area contributed by atoms with Gasteiger partial charge in [0.2, 0.25) is 0 Å². The molecular weight excluding hydrogens is 245 g/mol. The van der Waals surface area contributed by atoms with E-state index in [0.29, 0.717) is 25.6 Å². The number of hydrogen-bond donors (Lipinski definition) is 2. The van der Waals surface area contributed by atoms with E-state index in [1.165, 1.54) is 4.90 Å². The van der Waals surface area contributed by atoms with Gasteiger partial charge in [-0.05, 0) is 31.5 Å². The number of aromatic nitrogens is 2. The molecule has 2 N–H and O–H groups in total. The fourth-order valence-electron chi connectivity index (χ4n) is 2.27. The maximum atomic E-state index is 12.2. The van der Waals surface area contributed by atoms with E-state index in [9.17, 15) is 13.2 Å². The van der Waals surface area contributed by atoms with E-state index in [2.05, 4.69) is 15.5 Å². The van der Waals surface area contributed by atoms with Gasteiger partial charge in [-0.2, -0.15) is 18.3 Å². The number of alkyl halides is 3. The highest BCUT2D eigenvalue weighted by Gasteiger charge is 2.34. The van der Waals surface area contributed by atoms with E-state index in [4.69, 9.17) is 0 Å². The molecule has 102 valence electrons. The van der Waals surface area contributed by atoms with Crippen molar-refractivity contribution in [1.82, 2.24) is 20.4 Å². The molecule has 1 aliphatic rings. The first-order valence-corrected chi connectivity index (χ1v) is 6.01. The van der Waals surface area contributed by atoms with Gasteiger partial charge in [0.15, 0.2) is 0 Å². The summed E-state index contributed by atoms with van der Waals surface area (Å²) in [5.41, 5.74) is 0.986. The van der Waals surface area contributed by atoms with Crippen LogP contribution in [0.1, 0.15) is 12.1 Å². The normalized spacial score (nSPS) is 21.6. The highest BCUT2D eigenvalue weighted by atomic mass is 19.4. The third-order valence-corrected chi connectivity index (χ3v) is 3.08. The Balaban J connectivity index is 1.64. The zero-order chi connectivity index (χ0) is 13.0. The summed E-state index contributed by atoms with van der Waals surface area (Å²) in [4.78, 5) is 1.47. The van der Waals surface area contributed by atoms with Gasteiger partial charge >= 0.3 is 6.18 Å². The van der Waals surface area contributed by atoms with Crippen LogP contribution in [0.25, 0.3) is 0 Å². The van der Waals surface area contributed by atoms with Crippen molar-refractivity contribution in [3.05, 3.63) is 18.0 Å². The van der Waals surface area contributed by atoms with Crippen molar-refractivity contribution >= 4 is 0 Å². The molecule has 2 heterocycles. The van der Waals surface area contributed by atoms with Crippen LogP contribution in [0.3, 0.4) is 0 Å². The Bertz CT molecular complexity index is 350. The molecule has 0 unspecified atom stereocenters. The van der Waals surface area contributed by atoms with Gasteiger partial charge in [-0.3, -0.25) is 10.00 Å². The number of nitrogens with one attached hydrogen (secondary N) is 2. The molecule has 0 spiro atoms. The summed E-state index contributed by atoms with van der Waals surface area (Å²) in [5, 5.41) is 9.89. The van der Waals surface area contributed by atoms with Crippen LogP contribution >= 0.6 is 0 Å². The minimum atomic E-state index is -4.09. The first-order valence-electron chi connectivity index (χ1n) is 6.01. The average molecular weight is 262 g/mol. The summed E-state index contributed by atoms with van der Waals surface area (Å²) < 4.78 is 36.6. The molecule has 0 bridgehead atoms. The SMILES string of the molecule is FC(F)(F)CN1CC[C@H](CNCc2ccn[nH]2)C1. The number of H-pyrrole nitrogens is 1. The fraction of sp³-hybridized carbons (Fsp3) is 0.727. The van der Waals surface area contributed by atoms with Crippen LogP contribution in [-0.2, 0) is 6.54 Å². The standard InChI is InChI=1S/C11H17F3N4/c12-11(13,14)8-18-4-2-9(7-18)5-15-6-10-1-3-16-17-10/h1,3,9,15H,2,4-8H2,(H,16,17)/t9-/m1/s1. The first-order chi connectivity index (χ1) is 8.53. The van der Waals surface area contributed by atoms with Crippen molar-refractivity contribution in [2.45, 2.75) is 19.1 Å². The summed E-state index contributed by atoms with van der Waals surface area (Å²) >= 11 is 0. The molecule has 1 aromatic heterocycles. The minimum Gasteiger partial charge on any atom is -0.311 e. The Morgan fingerprint density at radius 3 is 3.00 bits per heavy atom. The number of rotatable bonds is 5. The summed E-state index contributed by atoms with van der Waals surface area (Å²) in [6.07, 6.45) is -1.58. The largest absolute Gasteiger partial charge is 0.401 e. The zero-order valence-electron chi connectivity index (χ0n) is 10.0. The molecule has 0 aromatic carbocycles. The predicted octanol–water partition coefficient (Wildman–Crippen LogP) is 1.38. The number of aromatic amines is 1. The van der Waals surface area contributed by atoms with Crippen LogP contribution < -0.4 is 5.32 Å². The lowest BCUT2D eigenvalue weighted by Gasteiger charge is -2.17. The molecular formula is C11H17F3N4. The van der Waals surface area contributed by atoms with Crippen molar-refractivity contribution in [3.63, 3.8) is 0 Å². The van der Waals surface area contributed by atoms with Gasteiger partial charge in [0, 0.05) is 25.0 Å². The fourth-order valence-corrected chi connectivity index (χ4v) is 2.27. The quantitative estimate of drug-likeness (QED) is 0.842. The van der Waals surface area contributed by atoms with Crippen LogP contribution in [0.15, 0.2) is 12.3 Å². The van der Waals surface area contributed by atoms with E-state index in [-0.39, 0.29) is 0 Å². The molecule has 7 heteroatoms. The Kier molecular flexibility index (Phi) is 4.23. The Morgan fingerprint density at radius 2 is 2.33 bits per heavy atom. The second-order valence-electron chi connectivity index (χ2n) is 4.72. The zero-order valence-corrected chi connectivity index (χ0v) is 10.0. The number of nitrogens with zero attached hydrogens (tertiary/aromatic N) is 2. The average Bonchev–Trinajstić information content (AvgIpc) is 2.88. The van der Waals surface area contributed by atoms with E-state index in [0.717, 1.165) is 18.7 Å². The number of halogens is 3. The molecule has 1 fully saturated rings. The molecule has 2 rings (SSSR count). The van der Waals surface area contributed by atoms with Crippen molar-refractivity contribution in [2.75, 3.05) is 26.2 Å². The van der Waals surface area contributed by atoms with E-state index >= 15 is 0 Å². The molecule has 0 amide bonds. The van der Waals surface area contributed by atoms with Gasteiger partial charge < -0.3 is 5.32 Å². The predicted molar refractivity (Wildman–Crippen MR) is 60.9 cm³/mol. The van der Waals surface area contributed by atoms with Crippen molar-refractivity contribution in [2.24, 2.45) is 5.92 Å². The van der Waals surface area contributed by atoms with Gasteiger partial charge in [-0.1, -0.05) is 0 Å². The first kappa shape index (κ1) is 13.4. The summed E-state index contributed by atoms with van der Waals surface area (Å²) in [7, 11) is 0. The summed E-state index contributed by atoms with van der Waals surface area (Å²) in [6, 6.07) is 1.87. The lowest BCUT2D eigenvalue weighted by atomic mass is 10.1. The van der Waals surface area contributed by atoms with Gasteiger partial charge in [0.1, 0.15) is 0 Å². The monoisotopic (exact) mass is 262 g/mol. The number of likely N-dealkylation sites (tertiary alicyclic amines) is 1. The maximum Gasteiger partial charge on any atom is 0.401 e. The van der Waals surface area contributed by atoms with Crippen LogP contribution in [0, 0.1) is 5.92 Å². The summed E-state index contributed by atoms with van der Waals surface area (Å²) in [6.45, 7) is 1.69. The minimum absolute atomic E-state index is 0.301. The molecule has 0 aliphatic carbocycles. The third-order valence-electron chi connectivity index (χ3n) is 3.08. The van der Waals surface area contributed by atoms with Crippen LogP contribution in [0.5, 0.6) is 0 Å². The molecule has 0 saturated carbocycles. The smallest absolute Gasteiger partial charge is 0.311 e. The highest BCUT2D eigenvalue weighted by molar-refractivity contribution is 4.96. The van der Waals surface area contributed by atoms with E-state index in [1.54, 1.807) is 6.20 Å². The molecule has 1 aliphatic heterocycles. The molecule has 1 aromatic rings. The third kappa shape index (κ3) is 4.30. The van der Waals surface area contributed by atoms with E-state index in [1.807, 2.05) is 6.07 Å². The lowest BCUT2D eigenvalue weighted by molar-refractivity contribution is -0.143. The second kappa shape index (κ2) is 5.71. The van der Waals surface area contributed by atoms with Gasteiger partial charge in [-0.25, -0.2) is 0 Å². The van der Waals surface area contributed by atoms with Crippen molar-refractivity contribution in [3.8, 4) is 0 Å². The molecule has 18 heavy (non-hydrogen) atoms. The summed E-state index contributed by atoms with van der Waals surface area (Å²) in [5.74, 6) is 0.301. The second-order valence-corrected chi connectivity index (χ2v) is 4.72. The van der Waals surface area contributed by atoms with E-state index < -0.39 is 12.7 Å². The topological polar surface area (TPSA) is 44.0 Å². The highest BCUT2D eigenvalue weighted by Crippen LogP contribution is 2.22. The number of hydrogen-bond acceptors (Lipinski definition) is 3. The van der Waals surface area contributed by atoms with Crippen molar-refractivity contribution in [1.29, 1.82) is 0 Å². The Morgan fingerprint density at radius 1 is 1.50 bits per heavy atom. The molecule has 0 radical (unpaired) electrons. The maximum absolute atomic E-state index is 12.2. The van der Waals surface area contributed by atoms with Gasteiger partial charge in [-0.15, -0.1) is 0 Å². The van der Waals surface area contributed by atoms with Gasteiger partial charge in [0.25, 0.3) is 0 Å². The Labute approximate surface area is 104 Å². The molecule has 4 nitrogen and oxygen atoms in total. The van der Waals surface area contributed by atoms with Crippen LogP contribution in [-0.4, -0.2) is 47.5 Å². The van der Waals surface area contributed by atoms with Crippen LogP contribution in [0.4, 0.5) is 13.2 Å². The Hall–Kier alpha value is -1.08. The van der Waals surface area contributed by atoms with Crippen LogP contribution in [0.2, 0.25) is 0 Å². The van der Waals surface area contributed by atoms with Crippen molar-refractivity contribution < 1.29 is 13.2 Å². The van der Waals surface area contributed by atoms with Gasteiger partial charge in [0.05, 0.1) is 6.54 Å². The molecule has 1 atom stereocenters.